The van der Waals surface area contributed by atoms with Gasteiger partial charge in [0.1, 0.15) is 11.9 Å². The molecule has 2 aromatic rings. The average Bonchev–Trinajstić information content (AvgIpc) is 2.92. The highest BCUT2D eigenvalue weighted by molar-refractivity contribution is 7.99. The fraction of sp³-hybridized carbons (Fsp3) is 0.562. The van der Waals surface area contributed by atoms with E-state index in [1.807, 2.05) is 51.1 Å². The Balaban J connectivity index is 1.61. The van der Waals surface area contributed by atoms with E-state index in [1.54, 1.807) is 36.9 Å². The first-order chi connectivity index (χ1) is 19.0. The number of aliphatic hydroxyl groups is 1. The first-order valence-electron chi connectivity index (χ1n) is 14.6. The van der Waals surface area contributed by atoms with Gasteiger partial charge in [0.15, 0.2) is 0 Å². The molecule has 2 aromatic carbocycles. The number of rotatable bonds is 9. The zero-order valence-corrected chi connectivity index (χ0v) is 25.0. The summed E-state index contributed by atoms with van der Waals surface area (Å²) in [5.41, 5.74) is 0.453. The Labute approximate surface area is 243 Å². The van der Waals surface area contributed by atoms with Gasteiger partial charge in [0.25, 0.3) is 5.91 Å². The topological polar surface area (TPSA) is 102 Å². The van der Waals surface area contributed by atoms with Gasteiger partial charge < -0.3 is 20.8 Å². The highest BCUT2D eigenvalue weighted by atomic mass is 32.2. The number of carbonyl (C=O) groups excluding carboxylic acids is 2. The molecule has 2 fully saturated rings. The van der Waals surface area contributed by atoms with Crippen LogP contribution in [0.1, 0.15) is 75.2 Å². The van der Waals surface area contributed by atoms with Crippen molar-refractivity contribution in [1.29, 1.82) is 0 Å². The van der Waals surface area contributed by atoms with Crippen molar-refractivity contribution in [2.45, 2.75) is 95.0 Å². The summed E-state index contributed by atoms with van der Waals surface area (Å²) in [6.45, 7) is 8.28. The van der Waals surface area contributed by atoms with Crippen molar-refractivity contribution in [3.8, 4) is 5.75 Å². The summed E-state index contributed by atoms with van der Waals surface area (Å²) < 4.78 is 0. The maximum Gasteiger partial charge on any atom is 0.252 e. The number of phenols is 1. The molecule has 40 heavy (non-hydrogen) atoms. The summed E-state index contributed by atoms with van der Waals surface area (Å²) in [5.74, 6) is 1.19. The Hall–Kier alpha value is -2.55. The molecule has 218 valence electrons. The standard InChI is InChI=1S/C32H45N3O4S/c1-21-25(15-10-16-27(21)36)30(38)33-29(28(37)17-18-40-24-13-6-5-7-14-24)35-20-23-12-9-8-11-22(23)19-26(35)31(39)34-32(2,3)4/h5-7,10,13-16,22-23,26,28-29,36-37H,8-9,11-12,17-20H2,1-4H3,(H,33,38)(H,34,39)/t22?,23?,26?,28-,29?/m1/s1. The highest BCUT2D eigenvalue weighted by Gasteiger charge is 2.45. The zero-order valence-electron chi connectivity index (χ0n) is 24.2. The second kappa shape index (κ2) is 13.4. The number of hydrogen-bond acceptors (Lipinski definition) is 6. The largest absolute Gasteiger partial charge is 0.508 e. The van der Waals surface area contributed by atoms with Gasteiger partial charge in [-0.05, 0) is 83.1 Å². The minimum atomic E-state index is -0.886. The molecule has 1 aliphatic carbocycles. The maximum atomic E-state index is 13.7. The van der Waals surface area contributed by atoms with Crippen LogP contribution in [0.4, 0.5) is 0 Å². The van der Waals surface area contributed by atoms with Gasteiger partial charge in [0, 0.05) is 33.9 Å². The monoisotopic (exact) mass is 567 g/mol. The lowest BCUT2D eigenvalue weighted by Gasteiger charge is -2.49. The van der Waals surface area contributed by atoms with Gasteiger partial charge in [-0.1, -0.05) is 43.5 Å². The van der Waals surface area contributed by atoms with Crippen molar-refractivity contribution < 1.29 is 19.8 Å². The van der Waals surface area contributed by atoms with Gasteiger partial charge >= 0.3 is 0 Å². The minimum absolute atomic E-state index is 0.0504. The van der Waals surface area contributed by atoms with Gasteiger partial charge in [0.05, 0.1) is 12.1 Å². The number of aliphatic hydroxyl groups excluding tert-OH is 1. The summed E-state index contributed by atoms with van der Waals surface area (Å²) in [7, 11) is 0. The number of nitrogens with one attached hydrogen (secondary N) is 2. The van der Waals surface area contributed by atoms with Crippen LogP contribution in [-0.4, -0.2) is 63.1 Å². The lowest BCUT2D eigenvalue weighted by Crippen LogP contribution is -2.66. The number of piperidine rings is 1. The molecule has 4 unspecified atom stereocenters. The first kappa shape index (κ1) is 30.4. The SMILES string of the molecule is Cc1c(O)cccc1C(=O)NC([C@H](O)CCSc1ccccc1)N1CC2CCCCC2CC1C(=O)NC(C)(C)C. The molecule has 1 heterocycles. The summed E-state index contributed by atoms with van der Waals surface area (Å²) in [4.78, 5) is 30.5. The summed E-state index contributed by atoms with van der Waals surface area (Å²) in [6.07, 6.45) is 4.10. The molecule has 2 aliphatic rings. The molecule has 0 radical (unpaired) electrons. The Morgan fingerprint density at radius 2 is 1.75 bits per heavy atom. The Bertz CT molecular complexity index is 1150. The molecule has 4 N–H and O–H groups in total. The van der Waals surface area contributed by atoms with Crippen LogP contribution < -0.4 is 10.6 Å². The quantitative estimate of drug-likeness (QED) is 0.315. The van der Waals surface area contributed by atoms with Crippen LogP contribution in [0.15, 0.2) is 53.4 Å². The second-order valence-corrected chi connectivity index (χ2v) is 13.5. The Morgan fingerprint density at radius 3 is 2.45 bits per heavy atom. The molecule has 1 aliphatic heterocycles. The third kappa shape index (κ3) is 7.80. The number of carbonyl (C=O) groups is 2. The number of amides is 2. The van der Waals surface area contributed by atoms with Gasteiger partial charge in [-0.2, -0.15) is 0 Å². The molecule has 0 bridgehead atoms. The predicted octanol–water partition coefficient (Wildman–Crippen LogP) is 5.10. The Morgan fingerprint density at radius 1 is 1.05 bits per heavy atom. The zero-order chi connectivity index (χ0) is 28.9. The van der Waals surface area contributed by atoms with Crippen molar-refractivity contribution in [1.82, 2.24) is 15.5 Å². The van der Waals surface area contributed by atoms with E-state index in [0.717, 1.165) is 24.2 Å². The van der Waals surface area contributed by atoms with Crippen LogP contribution in [0, 0.1) is 18.8 Å². The lowest BCUT2D eigenvalue weighted by molar-refractivity contribution is -0.136. The van der Waals surface area contributed by atoms with Crippen LogP contribution in [0.3, 0.4) is 0 Å². The van der Waals surface area contributed by atoms with E-state index in [4.69, 9.17) is 0 Å². The van der Waals surface area contributed by atoms with Crippen molar-refractivity contribution >= 4 is 23.6 Å². The highest BCUT2D eigenvalue weighted by Crippen LogP contribution is 2.40. The number of aromatic hydroxyl groups is 1. The van der Waals surface area contributed by atoms with Crippen LogP contribution in [0.25, 0.3) is 0 Å². The molecule has 1 saturated heterocycles. The number of fused-ring (bicyclic) bond motifs is 1. The second-order valence-electron chi connectivity index (χ2n) is 12.4. The van der Waals surface area contributed by atoms with Gasteiger partial charge in [-0.25, -0.2) is 0 Å². The molecule has 7 nitrogen and oxygen atoms in total. The van der Waals surface area contributed by atoms with Crippen LogP contribution in [-0.2, 0) is 4.79 Å². The lowest BCUT2D eigenvalue weighted by atomic mass is 9.72. The van der Waals surface area contributed by atoms with Gasteiger partial charge in [-0.15, -0.1) is 11.8 Å². The minimum Gasteiger partial charge on any atom is -0.508 e. The fourth-order valence-corrected chi connectivity index (χ4v) is 7.07. The molecule has 1 saturated carbocycles. The molecule has 2 amide bonds. The number of phenolic OH excluding ortho intramolecular Hbond substituents is 1. The van der Waals surface area contributed by atoms with Gasteiger partial charge in [-0.3, -0.25) is 14.5 Å². The van der Waals surface area contributed by atoms with E-state index >= 15 is 0 Å². The molecule has 8 heteroatoms. The van der Waals surface area contributed by atoms with E-state index in [9.17, 15) is 19.8 Å². The van der Waals surface area contributed by atoms with E-state index < -0.39 is 23.9 Å². The van der Waals surface area contributed by atoms with Crippen LogP contribution in [0.2, 0.25) is 0 Å². The van der Waals surface area contributed by atoms with Crippen LogP contribution in [0.5, 0.6) is 5.75 Å². The van der Waals surface area contributed by atoms with E-state index in [0.29, 0.717) is 41.7 Å². The summed E-state index contributed by atoms with van der Waals surface area (Å²) in [6, 6.07) is 14.5. The van der Waals surface area contributed by atoms with Crippen molar-refractivity contribution in [3.63, 3.8) is 0 Å². The molecular formula is C32H45N3O4S. The summed E-state index contributed by atoms with van der Waals surface area (Å²) in [5, 5.41) is 28.1. The first-order valence-corrected chi connectivity index (χ1v) is 15.5. The van der Waals surface area contributed by atoms with Crippen molar-refractivity contribution in [3.05, 3.63) is 59.7 Å². The number of nitrogens with zero attached hydrogens (tertiary/aromatic N) is 1. The third-order valence-electron chi connectivity index (χ3n) is 8.22. The summed E-state index contributed by atoms with van der Waals surface area (Å²) >= 11 is 1.66. The number of benzene rings is 2. The Kier molecular flexibility index (Phi) is 10.2. The molecule has 4 rings (SSSR count). The number of likely N-dealkylation sites (tertiary alicyclic amines) is 1. The normalized spacial score (nSPS) is 23.1. The van der Waals surface area contributed by atoms with E-state index in [2.05, 4.69) is 15.5 Å². The smallest absolute Gasteiger partial charge is 0.252 e. The van der Waals surface area contributed by atoms with Crippen LogP contribution >= 0.6 is 11.8 Å². The maximum absolute atomic E-state index is 13.7. The van der Waals surface area contributed by atoms with Gasteiger partial charge in [0.2, 0.25) is 5.91 Å². The number of hydrogen-bond donors (Lipinski definition) is 4. The van der Waals surface area contributed by atoms with Crippen molar-refractivity contribution in [2.75, 3.05) is 12.3 Å². The predicted molar refractivity (Wildman–Crippen MR) is 160 cm³/mol. The molecule has 5 atom stereocenters. The molecule has 0 aromatic heterocycles. The number of thioether (sulfide) groups is 1. The van der Waals surface area contributed by atoms with E-state index in [-0.39, 0.29) is 17.6 Å². The molecule has 0 spiro atoms. The average molecular weight is 568 g/mol. The third-order valence-corrected chi connectivity index (χ3v) is 9.26. The fourth-order valence-electron chi connectivity index (χ4n) is 6.13. The van der Waals surface area contributed by atoms with E-state index in [1.165, 1.54) is 12.8 Å². The van der Waals surface area contributed by atoms with Crippen molar-refractivity contribution in [2.24, 2.45) is 11.8 Å². The molecular weight excluding hydrogens is 522 g/mol.